The van der Waals surface area contributed by atoms with E-state index in [0.717, 1.165) is 53.0 Å². The lowest BCUT2D eigenvalue weighted by Gasteiger charge is -2.36. The Morgan fingerprint density at radius 2 is 1.79 bits per heavy atom. The van der Waals surface area contributed by atoms with Gasteiger partial charge in [-0.15, -0.1) is 11.3 Å². The topological polar surface area (TPSA) is 68.5 Å². The van der Waals surface area contributed by atoms with Crippen molar-refractivity contribution in [2.75, 3.05) is 13.2 Å². The van der Waals surface area contributed by atoms with Gasteiger partial charge in [-0.05, 0) is 79.9 Å². The number of aromatic nitrogens is 1. The van der Waals surface area contributed by atoms with Crippen molar-refractivity contribution in [1.82, 2.24) is 9.88 Å². The summed E-state index contributed by atoms with van der Waals surface area (Å²) in [6.45, 7) is 30.3. The minimum atomic E-state index is -1.87. The second-order valence-corrected chi connectivity index (χ2v) is 23.4. The third-order valence-corrected chi connectivity index (χ3v) is 18.5. The van der Waals surface area contributed by atoms with Gasteiger partial charge in [0.25, 0.3) is 0 Å². The van der Waals surface area contributed by atoms with E-state index < -0.39 is 13.7 Å². The highest BCUT2D eigenvalue weighted by Crippen LogP contribution is 2.49. The van der Waals surface area contributed by atoms with Gasteiger partial charge in [0.2, 0.25) is 0 Å². The first-order valence-electron chi connectivity index (χ1n) is 18.4. The van der Waals surface area contributed by atoms with E-state index in [1.54, 1.807) is 11.3 Å². The van der Waals surface area contributed by atoms with Crippen LogP contribution in [0.3, 0.4) is 0 Å². The van der Waals surface area contributed by atoms with Crippen LogP contribution in [-0.4, -0.2) is 60.8 Å². The van der Waals surface area contributed by atoms with E-state index in [-0.39, 0.29) is 58.7 Å². The molecule has 268 valence electrons. The van der Waals surface area contributed by atoms with Crippen molar-refractivity contribution in [2.45, 2.75) is 144 Å². The van der Waals surface area contributed by atoms with Crippen LogP contribution in [0, 0.1) is 29.1 Å². The first-order valence-corrected chi connectivity index (χ1v) is 22.1. The summed E-state index contributed by atoms with van der Waals surface area (Å²) in [5, 5.41) is 1.09. The maximum Gasteiger partial charge on any atom is 0.306 e. The summed E-state index contributed by atoms with van der Waals surface area (Å²) >= 11 is 1.66. The van der Waals surface area contributed by atoms with E-state index >= 15 is 0 Å². The van der Waals surface area contributed by atoms with Crippen LogP contribution >= 0.6 is 11.3 Å². The highest BCUT2D eigenvalue weighted by Gasteiger charge is 2.58. The Morgan fingerprint density at radius 3 is 2.44 bits per heavy atom. The molecule has 0 spiro atoms. The van der Waals surface area contributed by atoms with Gasteiger partial charge in [-0.2, -0.15) is 0 Å². The number of esters is 1. The monoisotopic (exact) mass is 696 g/mol. The van der Waals surface area contributed by atoms with Gasteiger partial charge in [0.15, 0.2) is 8.32 Å². The van der Waals surface area contributed by atoms with Crippen LogP contribution in [0.2, 0.25) is 18.1 Å². The molecule has 48 heavy (non-hydrogen) atoms. The van der Waals surface area contributed by atoms with E-state index in [4.69, 9.17) is 14.1 Å². The van der Waals surface area contributed by atoms with E-state index in [2.05, 4.69) is 85.5 Å². The molecule has 0 aliphatic carbocycles. The Balaban J connectivity index is 1.65. The number of carbonyl (C=O) groups is 2. The molecule has 8 heteroatoms. The maximum atomic E-state index is 13.9. The Morgan fingerprint density at radius 1 is 1.12 bits per heavy atom. The number of nitrogens with zero attached hydrogens (tertiary/aromatic N) is 2. The average Bonchev–Trinajstić information content (AvgIpc) is 3.31. The number of cyclic esters (lactones) is 1. The summed E-state index contributed by atoms with van der Waals surface area (Å²) < 4.78 is 14.2. The molecule has 0 N–H and O–H groups in total. The summed E-state index contributed by atoms with van der Waals surface area (Å²) in [4.78, 5) is 35.1. The fraction of sp³-hybridized carbons (Fsp3) is 0.725. The molecule has 1 aromatic carbocycles. The van der Waals surface area contributed by atoms with E-state index in [1.165, 1.54) is 0 Å². The predicted molar refractivity (Wildman–Crippen MR) is 204 cm³/mol. The first kappa shape index (κ1) is 38.9. The average molecular weight is 697 g/mol. The molecule has 1 unspecified atom stereocenters. The third kappa shape index (κ3) is 8.52. The summed E-state index contributed by atoms with van der Waals surface area (Å²) in [6.07, 6.45) is 5.94. The third-order valence-electron chi connectivity index (χ3n) is 12.9. The molecular formula is C40H64N2O4SSi. The largest absolute Gasteiger partial charge is 0.458 e. The van der Waals surface area contributed by atoms with Crippen molar-refractivity contribution in [3.05, 3.63) is 34.8 Å². The SMILES string of the molecule is C/C(=C\c1nc2ccccc2s1)[C@@H]1C[C@@H]2N(CCO[Si](C)(C)C(C)(C)C)[C@]2(C)CCC[C@H](C)[C@H](C)[C@@H](C)C(=O)C(C)(C)[C@@H](C)CC(=O)O1. The molecular weight excluding hydrogens is 633 g/mol. The van der Waals surface area contributed by atoms with Gasteiger partial charge in [0, 0.05) is 48.9 Å². The summed E-state index contributed by atoms with van der Waals surface area (Å²) in [6, 6.07) is 8.47. The quantitative estimate of drug-likeness (QED) is 0.170. The molecule has 0 saturated carbocycles. The lowest BCUT2D eigenvalue weighted by atomic mass is 9.67. The van der Waals surface area contributed by atoms with Crippen LogP contribution in [0.5, 0.6) is 0 Å². The van der Waals surface area contributed by atoms with Crippen molar-refractivity contribution in [3.8, 4) is 0 Å². The van der Waals surface area contributed by atoms with Gasteiger partial charge < -0.3 is 9.16 Å². The Kier molecular flexibility index (Phi) is 12.0. The van der Waals surface area contributed by atoms with Gasteiger partial charge in [0.1, 0.15) is 16.9 Å². The van der Waals surface area contributed by atoms with Crippen molar-refractivity contribution in [1.29, 1.82) is 0 Å². The van der Waals surface area contributed by atoms with Gasteiger partial charge in [-0.25, -0.2) is 4.98 Å². The van der Waals surface area contributed by atoms with Crippen molar-refractivity contribution in [3.63, 3.8) is 0 Å². The lowest BCUT2D eigenvalue weighted by Crippen LogP contribution is -2.42. The Labute approximate surface area is 296 Å². The van der Waals surface area contributed by atoms with Crippen molar-refractivity contribution >= 4 is 47.7 Å². The molecule has 2 aliphatic heterocycles. The predicted octanol–water partition coefficient (Wildman–Crippen LogP) is 10.2. The van der Waals surface area contributed by atoms with Crippen LogP contribution in [0.1, 0.15) is 113 Å². The molecule has 1 aromatic heterocycles. The number of carbonyl (C=O) groups excluding carboxylic acids is 2. The summed E-state index contributed by atoms with van der Waals surface area (Å²) in [5.41, 5.74) is 1.38. The second kappa shape index (κ2) is 14.8. The number of ether oxygens (including phenoxy) is 1. The summed E-state index contributed by atoms with van der Waals surface area (Å²) in [5.74, 6) is 0.527. The molecule has 6 nitrogen and oxygen atoms in total. The molecule has 8 atom stereocenters. The molecule has 0 radical (unpaired) electrons. The minimum absolute atomic E-state index is 0.00827. The lowest BCUT2D eigenvalue weighted by molar-refractivity contribution is -0.150. The summed E-state index contributed by atoms with van der Waals surface area (Å²) in [7, 11) is -1.87. The number of thiazole rings is 1. The number of Topliss-reactive ketones (excluding diaryl/α,β-unsaturated/α-hetero) is 1. The van der Waals surface area contributed by atoms with Crippen molar-refractivity contribution in [2.24, 2.45) is 29.1 Å². The number of ketones is 1. The van der Waals surface area contributed by atoms with E-state index in [9.17, 15) is 9.59 Å². The maximum absolute atomic E-state index is 13.9. The number of fused-ring (bicyclic) bond motifs is 2. The number of hydrogen-bond acceptors (Lipinski definition) is 7. The number of hydrogen-bond donors (Lipinski definition) is 0. The highest BCUT2D eigenvalue weighted by molar-refractivity contribution is 7.19. The molecule has 2 fully saturated rings. The molecule has 2 saturated heterocycles. The molecule has 2 aromatic rings. The van der Waals surface area contributed by atoms with Crippen LogP contribution in [-0.2, 0) is 18.8 Å². The van der Waals surface area contributed by atoms with Crippen molar-refractivity contribution < 1.29 is 18.8 Å². The smallest absolute Gasteiger partial charge is 0.306 e. The van der Waals surface area contributed by atoms with Gasteiger partial charge in [-0.1, -0.05) is 87.3 Å². The molecule has 0 amide bonds. The first-order chi connectivity index (χ1) is 22.2. The van der Waals surface area contributed by atoms with Crippen LogP contribution in [0.4, 0.5) is 0 Å². The zero-order valence-electron chi connectivity index (χ0n) is 32.2. The molecule has 0 bridgehead atoms. The normalized spacial score (nSPS) is 32.9. The highest BCUT2D eigenvalue weighted by atomic mass is 32.1. The van der Waals surface area contributed by atoms with Crippen LogP contribution in [0.15, 0.2) is 29.8 Å². The van der Waals surface area contributed by atoms with E-state index in [0.29, 0.717) is 12.5 Å². The standard InChI is InChI=1S/C40H64N2O4SSi/c1-26-17-16-20-40(11)34(42(40)21-22-45-48(12,13)38(6,7)8)25-32(27(2)23-35-41-31-18-14-15-19-33(31)47-35)46-36(43)24-28(3)39(9,10)37(44)30(5)29(26)4/h14-15,18-19,23,26,28-30,32,34H,16-17,20-22,24-25H2,1-13H3/b27-23+/t26-,28-,29-,30+,32-,34-,40+,42?/m0/s1. The second-order valence-electron chi connectivity index (χ2n) is 17.5. The minimum Gasteiger partial charge on any atom is -0.458 e. The zero-order valence-corrected chi connectivity index (χ0v) is 34.1. The molecule has 2 aliphatic rings. The molecule has 3 heterocycles. The molecule has 4 rings (SSSR count). The van der Waals surface area contributed by atoms with Gasteiger partial charge in [0.05, 0.1) is 10.2 Å². The van der Waals surface area contributed by atoms with Gasteiger partial charge in [-0.3, -0.25) is 14.5 Å². The number of benzene rings is 1. The Hall–Kier alpha value is -1.87. The number of para-hydroxylation sites is 1. The van der Waals surface area contributed by atoms with E-state index in [1.807, 2.05) is 39.0 Å². The Bertz CT molecular complexity index is 1440. The fourth-order valence-corrected chi connectivity index (χ4v) is 9.40. The van der Waals surface area contributed by atoms with Crippen LogP contribution in [0.25, 0.3) is 16.3 Å². The zero-order chi connectivity index (χ0) is 35.8. The number of rotatable bonds is 6. The fourth-order valence-electron chi connectivity index (χ4n) is 7.39. The van der Waals surface area contributed by atoms with Crippen LogP contribution < -0.4 is 0 Å². The van der Waals surface area contributed by atoms with Gasteiger partial charge >= 0.3 is 5.97 Å².